The number of hydrogen-bond donors (Lipinski definition) is 1. The molecule has 0 unspecified atom stereocenters. The number of nitrogens with zero attached hydrogens (tertiary/aromatic N) is 4. The molecule has 1 N–H and O–H groups in total. The number of benzene rings is 2. The van der Waals surface area contributed by atoms with Crippen LogP contribution in [0, 0.1) is 13.8 Å². The van der Waals surface area contributed by atoms with Crippen LogP contribution < -0.4 is 14.8 Å². The molecule has 1 aliphatic rings. The summed E-state index contributed by atoms with van der Waals surface area (Å²) in [7, 11) is 0. The normalized spacial score (nSPS) is 13.3. The van der Waals surface area contributed by atoms with Crippen molar-refractivity contribution in [3.63, 3.8) is 0 Å². The van der Waals surface area contributed by atoms with Crippen molar-refractivity contribution >= 4 is 17.7 Å². The van der Waals surface area contributed by atoms with Crippen LogP contribution in [0.25, 0.3) is 5.69 Å². The van der Waals surface area contributed by atoms with Crippen LogP contribution >= 0.6 is 11.8 Å². The van der Waals surface area contributed by atoms with Gasteiger partial charge in [0.2, 0.25) is 17.9 Å². The lowest BCUT2D eigenvalue weighted by molar-refractivity contribution is -0.120. The van der Waals surface area contributed by atoms with Crippen molar-refractivity contribution in [1.29, 1.82) is 0 Å². The van der Waals surface area contributed by atoms with Gasteiger partial charge in [0.1, 0.15) is 0 Å². The summed E-state index contributed by atoms with van der Waals surface area (Å²) < 4.78 is 12.3. The minimum absolute atomic E-state index is 0.0951. The van der Waals surface area contributed by atoms with E-state index < -0.39 is 0 Å². The SMILES string of the molecule is Cc1ccc(-n2nnnc2S[C@H](C)C(=O)NCc2ccc3c(c2)OCO3)cc1C. The number of aryl methyl sites for hydroxylation is 2. The van der Waals surface area contributed by atoms with E-state index in [1.807, 2.05) is 50.2 Å². The molecule has 4 rings (SSSR count). The van der Waals surface area contributed by atoms with Gasteiger partial charge in [-0.1, -0.05) is 23.9 Å². The predicted molar refractivity (Wildman–Crippen MR) is 108 cm³/mol. The molecule has 0 radical (unpaired) electrons. The average Bonchev–Trinajstić information content (AvgIpc) is 3.37. The maximum atomic E-state index is 12.6. The van der Waals surface area contributed by atoms with Crippen LogP contribution in [0.2, 0.25) is 0 Å². The number of nitrogens with one attached hydrogen (secondary N) is 1. The Morgan fingerprint density at radius 2 is 2.00 bits per heavy atom. The first kappa shape index (κ1) is 19.3. The number of carbonyl (C=O) groups excluding carboxylic acids is 1. The van der Waals surface area contributed by atoms with E-state index in [-0.39, 0.29) is 18.0 Å². The maximum Gasteiger partial charge on any atom is 0.233 e. The average molecular weight is 411 g/mol. The summed E-state index contributed by atoms with van der Waals surface area (Å²) in [4.78, 5) is 12.6. The molecule has 0 fully saturated rings. The third-order valence-corrected chi connectivity index (χ3v) is 5.76. The second-order valence-electron chi connectivity index (χ2n) is 6.81. The highest BCUT2D eigenvalue weighted by molar-refractivity contribution is 8.00. The Hall–Kier alpha value is -3.07. The van der Waals surface area contributed by atoms with Gasteiger partial charge in [0, 0.05) is 6.54 Å². The summed E-state index contributed by atoms with van der Waals surface area (Å²) in [6.45, 7) is 6.57. The van der Waals surface area contributed by atoms with E-state index in [0.717, 1.165) is 22.6 Å². The van der Waals surface area contributed by atoms with Crippen LogP contribution in [0.4, 0.5) is 0 Å². The zero-order valence-corrected chi connectivity index (χ0v) is 17.2. The van der Waals surface area contributed by atoms with Gasteiger partial charge >= 0.3 is 0 Å². The first-order chi connectivity index (χ1) is 14.0. The molecule has 150 valence electrons. The van der Waals surface area contributed by atoms with E-state index in [2.05, 4.69) is 27.8 Å². The summed E-state index contributed by atoms with van der Waals surface area (Å²) in [5.41, 5.74) is 4.17. The number of fused-ring (bicyclic) bond motifs is 1. The molecule has 0 bridgehead atoms. The lowest BCUT2D eigenvalue weighted by Crippen LogP contribution is -2.30. The monoisotopic (exact) mass is 411 g/mol. The van der Waals surface area contributed by atoms with Crippen molar-refractivity contribution in [1.82, 2.24) is 25.5 Å². The van der Waals surface area contributed by atoms with Crippen molar-refractivity contribution in [2.45, 2.75) is 37.7 Å². The van der Waals surface area contributed by atoms with Crippen LogP contribution in [0.1, 0.15) is 23.6 Å². The Morgan fingerprint density at radius 3 is 2.83 bits per heavy atom. The molecule has 1 aromatic heterocycles. The second kappa shape index (κ2) is 8.12. The molecule has 8 nitrogen and oxygen atoms in total. The van der Waals surface area contributed by atoms with Crippen LogP contribution in [0.5, 0.6) is 11.5 Å². The fourth-order valence-corrected chi connectivity index (χ4v) is 3.70. The molecule has 2 heterocycles. The lowest BCUT2D eigenvalue weighted by Gasteiger charge is -2.12. The van der Waals surface area contributed by atoms with Gasteiger partial charge < -0.3 is 14.8 Å². The standard InChI is InChI=1S/C20H21N5O3S/c1-12-4-6-16(8-13(12)2)25-20(22-23-24-25)29-14(3)19(26)21-10-15-5-7-17-18(9-15)28-11-27-17/h4-9,14H,10-11H2,1-3H3,(H,21,26)/t14-/m1/s1. The fraction of sp³-hybridized carbons (Fsp3) is 0.300. The van der Waals surface area contributed by atoms with E-state index in [1.54, 1.807) is 4.68 Å². The van der Waals surface area contributed by atoms with Gasteiger partial charge in [-0.3, -0.25) is 4.79 Å². The number of thioether (sulfide) groups is 1. The summed E-state index contributed by atoms with van der Waals surface area (Å²) in [5, 5.41) is 15.1. The number of aromatic nitrogens is 4. The predicted octanol–water partition coefficient (Wildman–Crippen LogP) is 2.80. The molecule has 0 saturated carbocycles. The number of carbonyl (C=O) groups is 1. The molecule has 3 aromatic rings. The molecular weight excluding hydrogens is 390 g/mol. The topological polar surface area (TPSA) is 91.2 Å². The van der Waals surface area contributed by atoms with Crippen molar-refractivity contribution in [3.8, 4) is 17.2 Å². The Labute approximate surface area is 172 Å². The third kappa shape index (κ3) is 4.19. The first-order valence-electron chi connectivity index (χ1n) is 9.20. The van der Waals surface area contributed by atoms with E-state index in [0.29, 0.717) is 17.5 Å². The summed E-state index contributed by atoms with van der Waals surface area (Å²) in [6, 6.07) is 11.7. The van der Waals surface area contributed by atoms with Gasteiger partial charge in [0.05, 0.1) is 10.9 Å². The van der Waals surface area contributed by atoms with Crippen LogP contribution in [-0.4, -0.2) is 38.2 Å². The Kier molecular flexibility index (Phi) is 5.39. The summed E-state index contributed by atoms with van der Waals surface area (Å²) in [5.74, 6) is 1.33. The molecule has 1 amide bonds. The van der Waals surface area contributed by atoms with Gasteiger partial charge in [0.15, 0.2) is 11.5 Å². The van der Waals surface area contributed by atoms with E-state index >= 15 is 0 Å². The Bertz CT molecular complexity index is 1050. The number of amides is 1. The number of tetrazole rings is 1. The fourth-order valence-electron chi connectivity index (χ4n) is 2.87. The molecule has 9 heteroatoms. The first-order valence-corrected chi connectivity index (χ1v) is 10.1. The van der Waals surface area contributed by atoms with Gasteiger partial charge in [0.25, 0.3) is 0 Å². The van der Waals surface area contributed by atoms with Crippen LogP contribution in [-0.2, 0) is 11.3 Å². The number of hydrogen-bond acceptors (Lipinski definition) is 7. The molecule has 0 saturated heterocycles. The van der Waals surface area contributed by atoms with E-state index in [9.17, 15) is 4.79 Å². The Balaban J connectivity index is 1.39. The maximum absolute atomic E-state index is 12.6. The second-order valence-corrected chi connectivity index (χ2v) is 8.12. The van der Waals surface area contributed by atoms with Crippen LogP contribution in [0.15, 0.2) is 41.6 Å². The molecule has 2 aromatic carbocycles. The summed E-state index contributed by atoms with van der Waals surface area (Å²) >= 11 is 1.32. The zero-order valence-electron chi connectivity index (χ0n) is 16.4. The quantitative estimate of drug-likeness (QED) is 0.624. The minimum Gasteiger partial charge on any atom is -0.454 e. The third-order valence-electron chi connectivity index (χ3n) is 4.73. The minimum atomic E-state index is -0.361. The molecule has 29 heavy (non-hydrogen) atoms. The number of ether oxygens (including phenoxy) is 2. The van der Waals surface area contributed by atoms with E-state index in [1.165, 1.54) is 17.3 Å². The van der Waals surface area contributed by atoms with E-state index in [4.69, 9.17) is 9.47 Å². The molecule has 0 spiro atoms. The van der Waals surface area contributed by atoms with Gasteiger partial charge in [-0.25, -0.2) is 0 Å². The highest BCUT2D eigenvalue weighted by Crippen LogP contribution is 2.32. The molecule has 0 aliphatic carbocycles. The lowest BCUT2D eigenvalue weighted by atomic mass is 10.1. The summed E-state index contributed by atoms with van der Waals surface area (Å²) in [6.07, 6.45) is 0. The van der Waals surface area contributed by atoms with Gasteiger partial charge in [-0.05, 0) is 72.2 Å². The number of rotatable bonds is 6. The molecule has 1 aliphatic heterocycles. The highest BCUT2D eigenvalue weighted by atomic mass is 32.2. The van der Waals surface area contributed by atoms with Crippen molar-refractivity contribution < 1.29 is 14.3 Å². The molecular formula is C20H21N5O3S. The highest BCUT2D eigenvalue weighted by Gasteiger charge is 2.20. The molecule has 1 atom stereocenters. The smallest absolute Gasteiger partial charge is 0.233 e. The van der Waals surface area contributed by atoms with Gasteiger partial charge in [-0.15, -0.1) is 5.10 Å². The Morgan fingerprint density at radius 1 is 1.17 bits per heavy atom. The van der Waals surface area contributed by atoms with Crippen LogP contribution in [0.3, 0.4) is 0 Å². The van der Waals surface area contributed by atoms with Crippen molar-refractivity contribution in [2.24, 2.45) is 0 Å². The van der Waals surface area contributed by atoms with Crippen molar-refractivity contribution in [2.75, 3.05) is 6.79 Å². The van der Waals surface area contributed by atoms with Crippen molar-refractivity contribution in [3.05, 3.63) is 53.1 Å². The van der Waals surface area contributed by atoms with Gasteiger partial charge in [-0.2, -0.15) is 4.68 Å². The zero-order chi connectivity index (χ0) is 20.4. The largest absolute Gasteiger partial charge is 0.454 e.